The Labute approximate surface area is 120 Å². The first kappa shape index (κ1) is 13.3. The largest absolute Gasteiger partial charge is 0.349 e. The van der Waals surface area contributed by atoms with Gasteiger partial charge in [-0.2, -0.15) is 0 Å². The first-order valence-corrected chi connectivity index (χ1v) is 6.56. The van der Waals surface area contributed by atoms with Crippen LogP contribution in [0.4, 0.5) is 0 Å². The lowest BCUT2D eigenvalue weighted by molar-refractivity contribution is -0.123. The highest BCUT2D eigenvalue weighted by Crippen LogP contribution is 2.08. The van der Waals surface area contributed by atoms with Gasteiger partial charge in [0.1, 0.15) is 24.6 Å². The minimum Gasteiger partial charge on any atom is -0.349 e. The van der Waals surface area contributed by atoms with Gasteiger partial charge >= 0.3 is 0 Å². The molecule has 0 unspecified atom stereocenters. The third-order valence-corrected chi connectivity index (χ3v) is 3.36. The van der Waals surface area contributed by atoms with Crippen LogP contribution in [0.2, 0.25) is 0 Å². The van der Waals surface area contributed by atoms with Crippen LogP contribution in [0.5, 0.6) is 0 Å². The zero-order chi connectivity index (χ0) is 14.8. The topological polar surface area (TPSA) is 107 Å². The van der Waals surface area contributed by atoms with Crippen LogP contribution in [0, 0.1) is 6.92 Å². The number of hydrogen-bond donors (Lipinski definition) is 2. The highest BCUT2D eigenvalue weighted by atomic mass is 16.2. The van der Waals surface area contributed by atoms with E-state index in [9.17, 15) is 9.59 Å². The van der Waals surface area contributed by atoms with E-state index in [0.717, 1.165) is 11.5 Å². The van der Waals surface area contributed by atoms with Crippen molar-refractivity contribution < 1.29 is 9.59 Å². The molecular weight excluding hydrogens is 274 g/mol. The Morgan fingerprint density at radius 2 is 2.38 bits per heavy atom. The molecule has 0 aliphatic carbocycles. The number of aryl methyl sites for hydroxylation is 1. The molecule has 0 bridgehead atoms. The van der Waals surface area contributed by atoms with E-state index in [0.29, 0.717) is 12.2 Å². The van der Waals surface area contributed by atoms with Gasteiger partial charge < -0.3 is 15.2 Å². The van der Waals surface area contributed by atoms with Crippen LogP contribution in [0.1, 0.15) is 17.2 Å². The Balaban J connectivity index is 1.59. The van der Waals surface area contributed by atoms with Crippen molar-refractivity contribution in [2.24, 2.45) is 0 Å². The molecule has 0 saturated carbocycles. The van der Waals surface area contributed by atoms with Gasteiger partial charge in [0, 0.05) is 12.4 Å². The molecule has 0 radical (unpaired) electrons. The maximum Gasteiger partial charge on any atom is 0.242 e. The SMILES string of the molecule is Cc1nccn1CC(=O)NCc1nnn2c1CNC(=O)C2. The molecule has 1 aliphatic rings. The number of fused-ring (bicyclic) bond motifs is 1. The lowest BCUT2D eigenvalue weighted by Gasteiger charge is -2.14. The number of hydrogen-bond acceptors (Lipinski definition) is 5. The first-order valence-electron chi connectivity index (χ1n) is 6.56. The molecule has 1 aliphatic heterocycles. The Morgan fingerprint density at radius 1 is 1.52 bits per heavy atom. The summed E-state index contributed by atoms with van der Waals surface area (Å²) in [5.74, 6) is 0.574. The van der Waals surface area contributed by atoms with Crippen LogP contribution in [0.15, 0.2) is 12.4 Å². The van der Waals surface area contributed by atoms with Crippen molar-refractivity contribution in [2.45, 2.75) is 33.1 Å². The minimum absolute atomic E-state index is 0.0847. The first-order chi connectivity index (χ1) is 10.1. The predicted molar refractivity (Wildman–Crippen MR) is 70.7 cm³/mol. The molecule has 0 atom stereocenters. The van der Waals surface area contributed by atoms with Crippen LogP contribution < -0.4 is 10.6 Å². The fourth-order valence-corrected chi connectivity index (χ4v) is 2.16. The summed E-state index contributed by atoms with van der Waals surface area (Å²) in [7, 11) is 0. The molecule has 2 amide bonds. The lowest BCUT2D eigenvalue weighted by atomic mass is 10.2. The van der Waals surface area contributed by atoms with Crippen LogP contribution in [-0.2, 0) is 35.8 Å². The number of aromatic nitrogens is 5. The average molecular weight is 289 g/mol. The molecule has 3 rings (SSSR count). The second-order valence-electron chi connectivity index (χ2n) is 4.80. The molecule has 2 aromatic rings. The van der Waals surface area contributed by atoms with Crippen molar-refractivity contribution in [3.8, 4) is 0 Å². The van der Waals surface area contributed by atoms with E-state index in [-0.39, 0.29) is 31.4 Å². The Morgan fingerprint density at radius 3 is 3.14 bits per heavy atom. The van der Waals surface area contributed by atoms with E-state index >= 15 is 0 Å². The van der Waals surface area contributed by atoms with Crippen molar-refractivity contribution in [1.82, 2.24) is 35.2 Å². The van der Waals surface area contributed by atoms with Gasteiger partial charge in [-0.15, -0.1) is 5.10 Å². The number of amides is 2. The number of imidazole rings is 1. The van der Waals surface area contributed by atoms with Gasteiger partial charge in [0.25, 0.3) is 0 Å². The number of nitrogens with zero attached hydrogens (tertiary/aromatic N) is 5. The maximum absolute atomic E-state index is 11.9. The van der Waals surface area contributed by atoms with Crippen LogP contribution in [-0.4, -0.2) is 36.4 Å². The number of rotatable bonds is 4. The van der Waals surface area contributed by atoms with E-state index in [1.165, 1.54) is 0 Å². The maximum atomic E-state index is 11.9. The molecule has 0 aromatic carbocycles. The summed E-state index contributed by atoms with van der Waals surface area (Å²) in [4.78, 5) is 27.2. The van der Waals surface area contributed by atoms with Gasteiger partial charge in [0.2, 0.25) is 11.8 Å². The second-order valence-corrected chi connectivity index (χ2v) is 4.80. The van der Waals surface area contributed by atoms with Gasteiger partial charge in [-0.3, -0.25) is 9.59 Å². The predicted octanol–water partition coefficient (Wildman–Crippen LogP) is -1.27. The summed E-state index contributed by atoms with van der Waals surface area (Å²) in [5, 5.41) is 13.4. The summed E-state index contributed by atoms with van der Waals surface area (Å²) in [6.45, 7) is 2.90. The zero-order valence-corrected chi connectivity index (χ0v) is 11.5. The highest BCUT2D eigenvalue weighted by molar-refractivity contribution is 5.77. The summed E-state index contributed by atoms with van der Waals surface area (Å²) < 4.78 is 3.32. The number of nitrogens with one attached hydrogen (secondary N) is 2. The van der Waals surface area contributed by atoms with Gasteiger partial charge in [0.15, 0.2) is 0 Å². The summed E-state index contributed by atoms with van der Waals surface area (Å²) in [6.07, 6.45) is 3.41. The third-order valence-electron chi connectivity index (χ3n) is 3.36. The number of carbonyl (C=O) groups excluding carboxylic acids is 2. The molecule has 0 fully saturated rings. The quantitative estimate of drug-likeness (QED) is 0.730. The van der Waals surface area contributed by atoms with Crippen molar-refractivity contribution >= 4 is 11.8 Å². The third kappa shape index (κ3) is 2.76. The Bertz CT molecular complexity index is 688. The molecule has 2 N–H and O–H groups in total. The molecule has 0 saturated heterocycles. The van der Waals surface area contributed by atoms with Crippen molar-refractivity contribution in [3.63, 3.8) is 0 Å². The molecule has 110 valence electrons. The molecule has 0 spiro atoms. The van der Waals surface area contributed by atoms with Crippen molar-refractivity contribution in [1.29, 1.82) is 0 Å². The fourth-order valence-electron chi connectivity index (χ4n) is 2.16. The molecular formula is C12H15N7O2. The van der Waals surface area contributed by atoms with E-state index in [4.69, 9.17) is 0 Å². The van der Waals surface area contributed by atoms with Gasteiger partial charge in [-0.05, 0) is 6.92 Å². The van der Waals surface area contributed by atoms with Crippen LogP contribution in [0.25, 0.3) is 0 Å². The molecule has 9 heteroatoms. The Hall–Kier alpha value is -2.71. The summed E-state index contributed by atoms with van der Waals surface area (Å²) in [6, 6.07) is 0. The highest BCUT2D eigenvalue weighted by Gasteiger charge is 2.20. The molecule has 9 nitrogen and oxygen atoms in total. The van der Waals surface area contributed by atoms with Crippen molar-refractivity contribution in [3.05, 3.63) is 29.6 Å². The van der Waals surface area contributed by atoms with E-state index in [1.807, 2.05) is 6.92 Å². The molecule has 2 aromatic heterocycles. The normalized spacial score (nSPS) is 13.7. The zero-order valence-electron chi connectivity index (χ0n) is 11.5. The van der Waals surface area contributed by atoms with Crippen molar-refractivity contribution in [2.75, 3.05) is 0 Å². The lowest BCUT2D eigenvalue weighted by Crippen LogP contribution is -2.35. The molecule has 3 heterocycles. The summed E-state index contributed by atoms with van der Waals surface area (Å²) in [5.41, 5.74) is 1.50. The fraction of sp³-hybridized carbons (Fsp3) is 0.417. The van der Waals surface area contributed by atoms with Crippen LogP contribution in [0.3, 0.4) is 0 Å². The van der Waals surface area contributed by atoms with E-state index in [2.05, 4.69) is 25.9 Å². The monoisotopic (exact) mass is 289 g/mol. The van der Waals surface area contributed by atoms with Gasteiger partial charge in [-0.1, -0.05) is 5.21 Å². The summed E-state index contributed by atoms with van der Waals surface area (Å²) >= 11 is 0. The average Bonchev–Trinajstić information content (AvgIpc) is 3.03. The minimum atomic E-state index is -0.127. The number of carbonyl (C=O) groups is 2. The van der Waals surface area contributed by atoms with E-state index < -0.39 is 0 Å². The molecule has 21 heavy (non-hydrogen) atoms. The van der Waals surface area contributed by atoms with Gasteiger partial charge in [-0.25, -0.2) is 9.67 Å². The second kappa shape index (κ2) is 5.35. The van der Waals surface area contributed by atoms with Gasteiger partial charge in [0.05, 0.1) is 18.8 Å². The Kier molecular flexibility index (Phi) is 3.38. The standard InChI is InChI=1S/C12H15N7O2/c1-8-13-2-3-18(8)6-11(20)14-4-9-10-5-15-12(21)7-19(10)17-16-9/h2-3H,4-7H2,1H3,(H,14,20)(H,15,21). The van der Waals surface area contributed by atoms with Crippen LogP contribution >= 0.6 is 0 Å². The van der Waals surface area contributed by atoms with E-state index in [1.54, 1.807) is 21.6 Å². The smallest absolute Gasteiger partial charge is 0.242 e.